The van der Waals surface area contributed by atoms with Gasteiger partial charge >= 0.3 is 0 Å². The lowest BCUT2D eigenvalue weighted by atomic mass is 10.1. The number of nitrogens with zero attached hydrogens (tertiary/aromatic N) is 4. The molecule has 2 amide bonds. The van der Waals surface area contributed by atoms with Gasteiger partial charge in [0.25, 0.3) is 5.91 Å². The lowest BCUT2D eigenvalue weighted by Gasteiger charge is -2.41. The van der Waals surface area contributed by atoms with Crippen LogP contribution in [-0.4, -0.2) is 58.4 Å². The Labute approximate surface area is 160 Å². The van der Waals surface area contributed by atoms with E-state index >= 15 is 0 Å². The molecule has 1 N–H and O–H groups in total. The second kappa shape index (κ2) is 7.90. The predicted octanol–water partition coefficient (Wildman–Crippen LogP) is 1.55. The van der Waals surface area contributed by atoms with Crippen LogP contribution in [0.25, 0.3) is 5.57 Å². The minimum atomic E-state index is -0.108. The quantitative estimate of drug-likeness (QED) is 0.797. The molecule has 0 aromatic carbocycles. The fourth-order valence-electron chi connectivity index (χ4n) is 3.58. The normalized spacial score (nSPS) is 19.0. The summed E-state index contributed by atoms with van der Waals surface area (Å²) in [5.74, 6) is 0.614. The number of amides is 2. The fraction of sp³-hybridized carbons (Fsp3) is 0.500. The molecule has 7 nitrogen and oxygen atoms in total. The summed E-state index contributed by atoms with van der Waals surface area (Å²) in [5.41, 5.74) is 2.10. The molecule has 1 aliphatic heterocycles. The van der Waals surface area contributed by atoms with Crippen molar-refractivity contribution < 1.29 is 9.59 Å². The number of carbonyl (C=O) groups excluding carboxylic acids is 2. The molecule has 27 heavy (non-hydrogen) atoms. The van der Waals surface area contributed by atoms with Gasteiger partial charge in [0.05, 0.1) is 23.2 Å². The maximum absolute atomic E-state index is 12.4. The van der Waals surface area contributed by atoms with E-state index in [1.165, 1.54) is 6.08 Å². The first-order valence-corrected chi connectivity index (χ1v) is 9.49. The zero-order valence-electron chi connectivity index (χ0n) is 16.2. The van der Waals surface area contributed by atoms with E-state index in [2.05, 4.69) is 28.7 Å². The molecule has 0 bridgehead atoms. The fourth-order valence-corrected chi connectivity index (χ4v) is 3.58. The standard InChI is InChI=1S/C20H27N5O2/c1-5-14-12-24(9-10-25(14)18(26)6-2)17-11-21-16-8-7-15(19(16)23-17)20(27)22-13(3)4/h6-7,11,13-14H,2,5,8-10,12H2,1,3-4H3,(H,22,27)/t14-/m1/s1. The van der Waals surface area contributed by atoms with Gasteiger partial charge in [0.1, 0.15) is 5.82 Å². The van der Waals surface area contributed by atoms with Gasteiger partial charge in [0.2, 0.25) is 5.91 Å². The van der Waals surface area contributed by atoms with Crippen LogP contribution in [0.4, 0.5) is 5.82 Å². The smallest absolute Gasteiger partial charge is 0.253 e. The molecule has 1 fully saturated rings. The molecule has 0 radical (unpaired) electrons. The monoisotopic (exact) mass is 369 g/mol. The maximum atomic E-state index is 12.4. The van der Waals surface area contributed by atoms with Crippen molar-refractivity contribution >= 4 is 23.2 Å². The second-order valence-corrected chi connectivity index (χ2v) is 7.22. The van der Waals surface area contributed by atoms with Gasteiger partial charge in [-0.15, -0.1) is 0 Å². The Morgan fingerprint density at radius 3 is 2.85 bits per heavy atom. The highest BCUT2D eigenvalue weighted by atomic mass is 16.2. The van der Waals surface area contributed by atoms with E-state index in [0.29, 0.717) is 37.3 Å². The van der Waals surface area contributed by atoms with Gasteiger partial charge in [-0.3, -0.25) is 14.6 Å². The van der Waals surface area contributed by atoms with Gasteiger partial charge < -0.3 is 15.1 Å². The maximum Gasteiger partial charge on any atom is 0.253 e. The number of carbonyl (C=O) groups is 2. The van der Waals surface area contributed by atoms with Gasteiger partial charge in [-0.1, -0.05) is 19.6 Å². The zero-order valence-corrected chi connectivity index (χ0v) is 16.2. The average molecular weight is 369 g/mol. The van der Waals surface area contributed by atoms with Gasteiger partial charge in [-0.25, -0.2) is 4.98 Å². The van der Waals surface area contributed by atoms with Gasteiger partial charge in [0, 0.05) is 38.1 Å². The number of fused-ring (bicyclic) bond motifs is 1. The Bertz CT molecular complexity index is 787. The number of anilines is 1. The predicted molar refractivity (Wildman–Crippen MR) is 105 cm³/mol. The van der Waals surface area contributed by atoms with Crippen molar-refractivity contribution in [2.24, 2.45) is 0 Å². The van der Waals surface area contributed by atoms with E-state index in [9.17, 15) is 9.59 Å². The third kappa shape index (κ3) is 3.86. The van der Waals surface area contributed by atoms with E-state index < -0.39 is 0 Å². The number of allylic oxidation sites excluding steroid dienone is 1. The van der Waals surface area contributed by atoms with Crippen molar-refractivity contribution in [1.82, 2.24) is 20.2 Å². The lowest BCUT2D eigenvalue weighted by Crippen LogP contribution is -2.55. The number of piperazine rings is 1. The van der Waals surface area contributed by atoms with E-state index in [4.69, 9.17) is 4.98 Å². The van der Waals surface area contributed by atoms with Crippen LogP contribution in [0.3, 0.4) is 0 Å². The van der Waals surface area contributed by atoms with Crippen LogP contribution >= 0.6 is 0 Å². The highest BCUT2D eigenvalue weighted by molar-refractivity contribution is 6.20. The van der Waals surface area contributed by atoms with Crippen LogP contribution in [0.5, 0.6) is 0 Å². The zero-order chi connectivity index (χ0) is 19.6. The summed E-state index contributed by atoms with van der Waals surface area (Å²) in [6.45, 7) is 11.5. The van der Waals surface area contributed by atoms with Crippen LogP contribution in [0, 0.1) is 0 Å². The Morgan fingerprint density at radius 2 is 2.19 bits per heavy atom. The first-order chi connectivity index (χ1) is 12.9. The van der Waals surface area contributed by atoms with Crippen LogP contribution in [0.15, 0.2) is 24.9 Å². The van der Waals surface area contributed by atoms with Crippen molar-refractivity contribution in [1.29, 1.82) is 0 Å². The molecule has 144 valence electrons. The molecule has 3 rings (SSSR count). The number of hydrogen-bond acceptors (Lipinski definition) is 5. The number of hydrogen-bond donors (Lipinski definition) is 1. The topological polar surface area (TPSA) is 78.4 Å². The van der Waals surface area contributed by atoms with Crippen molar-refractivity contribution in [3.63, 3.8) is 0 Å². The van der Waals surface area contributed by atoms with Crippen LogP contribution in [0.1, 0.15) is 38.6 Å². The molecule has 1 aromatic heterocycles. The molecule has 0 spiro atoms. The third-order valence-corrected chi connectivity index (χ3v) is 4.99. The lowest BCUT2D eigenvalue weighted by molar-refractivity contribution is -0.128. The van der Waals surface area contributed by atoms with E-state index in [1.54, 1.807) is 6.20 Å². The molecule has 1 aromatic rings. The summed E-state index contributed by atoms with van der Waals surface area (Å²) in [7, 11) is 0. The van der Waals surface area contributed by atoms with Crippen LogP contribution in [0.2, 0.25) is 0 Å². The summed E-state index contributed by atoms with van der Waals surface area (Å²) >= 11 is 0. The minimum Gasteiger partial charge on any atom is -0.351 e. The number of rotatable bonds is 5. The van der Waals surface area contributed by atoms with Gasteiger partial charge in [0.15, 0.2) is 0 Å². The van der Waals surface area contributed by atoms with E-state index in [1.807, 2.05) is 24.8 Å². The minimum absolute atomic E-state index is 0.0305. The van der Waals surface area contributed by atoms with Crippen molar-refractivity contribution in [2.75, 3.05) is 24.5 Å². The Morgan fingerprint density at radius 1 is 1.41 bits per heavy atom. The summed E-state index contributed by atoms with van der Waals surface area (Å²) in [4.78, 5) is 37.8. The molecule has 1 aliphatic carbocycles. The third-order valence-electron chi connectivity index (χ3n) is 4.99. The number of aromatic nitrogens is 2. The summed E-state index contributed by atoms with van der Waals surface area (Å²) in [6, 6.07) is 0.179. The van der Waals surface area contributed by atoms with E-state index in [-0.39, 0.29) is 23.9 Å². The molecule has 2 aliphatic rings. The first-order valence-electron chi connectivity index (χ1n) is 9.49. The Balaban J connectivity index is 1.80. The molecule has 7 heteroatoms. The number of nitrogens with one attached hydrogen (secondary N) is 1. The van der Waals surface area contributed by atoms with Crippen molar-refractivity contribution in [3.8, 4) is 0 Å². The van der Waals surface area contributed by atoms with Crippen LogP contribution < -0.4 is 10.2 Å². The van der Waals surface area contributed by atoms with Crippen molar-refractivity contribution in [3.05, 3.63) is 36.3 Å². The highest BCUT2D eigenvalue weighted by Gasteiger charge is 2.30. The summed E-state index contributed by atoms with van der Waals surface area (Å²) in [6.07, 6.45) is 6.52. The van der Waals surface area contributed by atoms with Crippen molar-refractivity contribution in [2.45, 2.75) is 45.7 Å². The Hall–Kier alpha value is -2.70. The second-order valence-electron chi connectivity index (χ2n) is 7.22. The molecule has 2 heterocycles. The largest absolute Gasteiger partial charge is 0.351 e. The highest BCUT2D eigenvalue weighted by Crippen LogP contribution is 2.27. The Kier molecular flexibility index (Phi) is 5.58. The molecule has 0 saturated carbocycles. The molecular weight excluding hydrogens is 342 g/mol. The summed E-state index contributed by atoms with van der Waals surface area (Å²) < 4.78 is 0. The van der Waals surface area contributed by atoms with Gasteiger partial charge in [-0.2, -0.15) is 0 Å². The van der Waals surface area contributed by atoms with E-state index in [0.717, 1.165) is 17.9 Å². The molecule has 0 unspecified atom stereocenters. The first kappa shape index (κ1) is 19.1. The molecule has 1 saturated heterocycles. The molecule has 1 atom stereocenters. The summed E-state index contributed by atoms with van der Waals surface area (Å²) in [5, 5.41) is 2.92. The van der Waals surface area contributed by atoms with Crippen LogP contribution in [-0.2, 0) is 16.0 Å². The average Bonchev–Trinajstić information content (AvgIpc) is 3.09. The van der Waals surface area contributed by atoms with Gasteiger partial charge in [-0.05, 0) is 26.3 Å². The molecular formula is C20H27N5O2. The SMILES string of the molecule is C=CC(=O)N1CCN(c2cnc3c(n2)C(C(=O)NC(C)C)=CC3)C[C@H]1CC.